The predicted octanol–water partition coefficient (Wildman–Crippen LogP) is 9.87. The van der Waals surface area contributed by atoms with Gasteiger partial charge < -0.3 is 60.1 Å². The summed E-state index contributed by atoms with van der Waals surface area (Å²) in [4.78, 5) is 84.4. The maximum absolute atomic E-state index is 15.0. The Morgan fingerprint density at radius 1 is 0.496 bits per heavy atom. The molecule has 117 heavy (non-hydrogen) atoms. The quantitative estimate of drug-likeness (QED) is 0.0701. The Bertz CT molecular complexity index is 5530. The summed E-state index contributed by atoms with van der Waals surface area (Å²) in [5.74, 6) is -1.73. The number of H-pyrrole nitrogens is 1. The topological polar surface area (TPSA) is 428 Å². The van der Waals surface area contributed by atoms with Gasteiger partial charge in [-0.3, -0.25) is 19.5 Å². The molecule has 3 fully saturated rings. The van der Waals surface area contributed by atoms with Crippen LogP contribution in [0, 0.1) is 51.4 Å². The minimum atomic E-state index is -1.17. The van der Waals surface area contributed by atoms with E-state index in [0.29, 0.717) is 48.1 Å². The third kappa shape index (κ3) is 18.7. The van der Waals surface area contributed by atoms with Crippen molar-refractivity contribution in [2.45, 2.75) is 167 Å². The van der Waals surface area contributed by atoms with Crippen LogP contribution in [-0.2, 0) is 29.1 Å². The SMILES string of the molecule is CC(C)(C)OC(=O)N1Cc2nc(-c3c(F)cccc3C#N)cc(-n3ccc(N4C[C@](C)(O)C[C@](C)(O)C4)n3)c2C1=O.CC(C)(C)OC(=O)N1Cc2nc(-c3c(F)cccc3C#N)cc(Cl)c2C1=O.C[C@]1(O)CN(c2ccn(-c3cc(-c4c(F)cccc4C#N)nc4c3C(=O)NC4)n2)C[C@@](C)(O)C1.C[C@]1(O)CN(c2ccn[nH]2)C[C@@](C)(O)C1. The van der Waals surface area contributed by atoms with Gasteiger partial charge >= 0.3 is 12.2 Å². The summed E-state index contributed by atoms with van der Waals surface area (Å²) in [7, 11) is 0. The molecule has 6 aromatic heterocycles. The molecule has 6 atom stereocenters. The van der Waals surface area contributed by atoms with E-state index >= 15 is 4.39 Å². The zero-order valence-electron chi connectivity index (χ0n) is 66.1. The number of nitriles is 3. The summed E-state index contributed by atoms with van der Waals surface area (Å²) in [6, 6.07) is 27.8. The first-order valence-corrected chi connectivity index (χ1v) is 37.4. The lowest BCUT2D eigenvalue weighted by molar-refractivity contribution is -0.0591. The number of pyridine rings is 3. The summed E-state index contributed by atoms with van der Waals surface area (Å²) in [6.07, 6.45) is 4.06. The van der Waals surface area contributed by atoms with E-state index in [0.717, 1.165) is 15.6 Å². The maximum atomic E-state index is 15.0. The number of nitrogens with one attached hydrogen (secondary N) is 2. The minimum absolute atomic E-state index is 0.00660. The van der Waals surface area contributed by atoms with E-state index < -0.39 is 86.3 Å². The highest BCUT2D eigenvalue weighted by Crippen LogP contribution is 2.41. The molecule has 0 unspecified atom stereocenters. The molecule has 6 aliphatic heterocycles. The Hall–Kier alpha value is -12.2. The van der Waals surface area contributed by atoms with Crippen molar-refractivity contribution in [1.82, 2.24) is 59.8 Å². The minimum Gasteiger partial charge on any atom is -0.443 e. The van der Waals surface area contributed by atoms with E-state index in [1.54, 1.807) is 130 Å². The fraction of sp³-hybridized carbons (Fsp3) is 0.390. The van der Waals surface area contributed by atoms with Crippen LogP contribution < -0.4 is 20.0 Å². The number of rotatable bonds is 8. The number of anilines is 3. The van der Waals surface area contributed by atoms with Gasteiger partial charge in [-0.1, -0.05) is 29.8 Å². The van der Waals surface area contributed by atoms with Crippen LogP contribution in [0.1, 0.15) is 167 Å². The molecule has 31 nitrogen and oxygen atoms in total. The number of β-amino-alcohol motifs (C(OH)–C–C–N with tert-alkyl or cyclic N) is 6. The Morgan fingerprint density at radius 2 is 0.855 bits per heavy atom. The summed E-state index contributed by atoms with van der Waals surface area (Å²) in [5, 5.41) is 110. The average Bonchev–Trinajstić information content (AvgIpc) is 1.62. The van der Waals surface area contributed by atoms with Gasteiger partial charge in [0.05, 0.1) is 178 Å². The molecular weight excluding hydrogens is 1540 g/mol. The van der Waals surface area contributed by atoms with Crippen LogP contribution in [0.2, 0.25) is 5.02 Å². The Balaban J connectivity index is 0.000000151. The highest BCUT2D eigenvalue weighted by atomic mass is 35.5. The van der Waals surface area contributed by atoms with Crippen molar-refractivity contribution in [3.8, 4) is 63.4 Å². The van der Waals surface area contributed by atoms with Crippen LogP contribution in [0.15, 0.2) is 110 Å². The molecule has 35 heteroatoms. The van der Waals surface area contributed by atoms with Gasteiger partial charge in [-0.05, 0) is 138 Å². The fourth-order valence-corrected chi connectivity index (χ4v) is 15.9. The molecule has 610 valence electrons. The molecule has 0 aliphatic carbocycles. The molecule has 8 N–H and O–H groups in total. The third-order valence-corrected chi connectivity index (χ3v) is 19.7. The molecule has 6 aliphatic rings. The number of fused-ring (bicyclic) bond motifs is 3. The van der Waals surface area contributed by atoms with Crippen LogP contribution >= 0.6 is 11.6 Å². The van der Waals surface area contributed by atoms with Gasteiger partial charge in [-0.15, -0.1) is 0 Å². The number of hydrogen-bond donors (Lipinski definition) is 8. The number of imide groups is 2. The lowest BCUT2D eigenvalue weighted by Gasteiger charge is -2.45. The molecule has 9 aromatic rings. The van der Waals surface area contributed by atoms with Gasteiger partial charge in [0.25, 0.3) is 17.7 Å². The molecule has 12 heterocycles. The summed E-state index contributed by atoms with van der Waals surface area (Å²) in [5.41, 5.74) is -5.24. The number of piperidine rings is 3. The van der Waals surface area contributed by atoms with Crippen LogP contribution in [-0.4, -0.2) is 199 Å². The monoisotopic (exact) mass is 1620 g/mol. The van der Waals surface area contributed by atoms with E-state index in [1.807, 2.05) is 29.2 Å². The molecule has 0 spiro atoms. The number of amides is 5. The van der Waals surface area contributed by atoms with Crippen molar-refractivity contribution in [3.05, 3.63) is 183 Å². The van der Waals surface area contributed by atoms with Gasteiger partial charge in [-0.2, -0.15) is 31.1 Å². The first kappa shape index (κ1) is 84.2. The van der Waals surface area contributed by atoms with E-state index in [-0.39, 0.29) is 148 Å². The molecule has 0 saturated carbocycles. The Labute approximate surface area is 675 Å². The standard InChI is InChI=1S/C29H31FN6O5.C24H23FN6O3.C19H15ClFN3O3.C10H17N3O2/c1-27(2,3)41-26(38)35-13-20-24(25(35)37)21(11-19(32-20)23-17(12-31)7-6-8-18(23)30)36-10-9-22(33-36)34-15-28(4,39)14-29(5,40)16-34;1-23(33)11-24(2,34)13-30(12-23)19-6-7-31(29-19)18-8-16(28-17-10-27-22(32)21(17)18)20-14(9-26)4-3-5-15(20)25;1-19(2,3)27-18(26)24-9-14-16(17(24)25)11(20)7-13(23-14)15-10(8-22)5-4-6-12(15)21;1-9(14)5-10(2,15)7-13(6-9)8-3-4-11-12-8/h6-11,39-40H,13-16H2,1-5H3;3-8,33-34H,10-13H2,1-2H3,(H,27,32);4-7H,9H2,1-3H3;3-4,14-15H,5-7H2,1-2H3,(H,11,12)/t28-,29+;23-,24+;;9-,10+. The summed E-state index contributed by atoms with van der Waals surface area (Å²) >= 11 is 6.23. The zero-order chi connectivity index (χ0) is 85.2. The predicted molar refractivity (Wildman–Crippen MR) is 418 cm³/mol. The number of hydrogen-bond acceptors (Lipinski definition) is 25. The Kier molecular flexibility index (Phi) is 22.6. The van der Waals surface area contributed by atoms with Crippen LogP contribution in [0.5, 0.6) is 0 Å². The number of aromatic amines is 1. The lowest BCUT2D eigenvalue weighted by atomic mass is 9.84. The second kappa shape index (κ2) is 31.4. The Morgan fingerprint density at radius 3 is 1.23 bits per heavy atom. The maximum Gasteiger partial charge on any atom is 0.417 e. The van der Waals surface area contributed by atoms with Gasteiger partial charge in [0.2, 0.25) is 0 Å². The molecule has 0 radical (unpaired) electrons. The zero-order valence-corrected chi connectivity index (χ0v) is 66.8. The molecule has 15 rings (SSSR count). The summed E-state index contributed by atoms with van der Waals surface area (Å²) in [6.45, 7) is 22.0. The second-order valence-corrected chi connectivity index (χ2v) is 33.9. The first-order chi connectivity index (χ1) is 54.6. The van der Waals surface area contributed by atoms with Crippen molar-refractivity contribution in [2.24, 2.45) is 0 Å². The second-order valence-electron chi connectivity index (χ2n) is 33.5. The van der Waals surface area contributed by atoms with E-state index in [2.05, 4.69) is 40.7 Å². The van der Waals surface area contributed by atoms with Crippen molar-refractivity contribution in [1.29, 1.82) is 15.8 Å². The van der Waals surface area contributed by atoms with Crippen molar-refractivity contribution in [2.75, 3.05) is 54.0 Å². The fourth-order valence-electron chi connectivity index (χ4n) is 15.7. The van der Waals surface area contributed by atoms with Crippen LogP contribution in [0.3, 0.4) is 0 Å². The normalized spacial score (nSPS) is 22.7. The van der Waals surface area contributed by atoms with Gasteiger partial charge in [0, 0.05) is 89.1 Å². The molecule has 3 saturated heterocycles. The number of carbonyl (C=O) groups is 5. The van der Waals surface area contributed by atoms with E-state index in [9.17, 15) is 79.2 Å². The highest BCUT2D eigenvalue weighted by Gasteiger charge is 2.46. The molecule has 0 bridgehead atoms. The van der Waals surface area contributed by atoms with Crippen molar-refractivity contribution >= 4 is 59.0 Å². The van der Waals surface area contributed by atoms with Gasteiger partial charge in [0.1, 0.15) is 34.5 Å². The van der Waals surface area contributed by atoms with Crippen molar-refractivity contribution < 1.29 is 77.3 Å². The van der Waals surface area contributed by atoms with E-state index in [4.69, 9.17) is 21.1 Å². The number of aromatic nitrogens is 9. The lowest BCUT2D eigenvalue weighted by Crippen LogP contribution is -2.57. The van der Waals surface area contributed by atoms with Crippen LogP contribution in [0.4, 0.5) is 40.2 Å². The van der Waals surface area contributed by atoms with Gasteiger partial charge in [0.15, 0.2) is 11.6 Å². The number of carbonyl (C=O) groups excluding carboxylic acids is 5. The highest BCUT2D eigenvalue weighted by molar-refractivity contribution is 6.35. The van der Waals surface area contributed by atoms with Crippen LogP contribution in [0.25, 0.3) is 45.1 Å². The molecular formula is C82H86ClF3N18O13. The number of nitrogens with zero attached hydrogens (tertiary/aromatic N) is 16. The number of aliphatic hydroxyl groups is 6. The summed E-state index contributed by atoms with van der Waals surface area (Å²) < 4.78 is 57.6. The number of ether oxygens (including phenoxy) is 2. The number of halogens is 4. The molecule has 5 amide bonds. The number of benzene rings is 3. The smallest absolute Gasteiger partial charge is 0.417 e. The first-order valence-electron chi connectivity index (χ1n) is 37.1. The van der Waals surface area contributed by atoms with Gasteiger partial charge in [-0.25, -0.2) is 56.9 Å². The average molecular weight is 1620 g/mol. The van der Waals surface area contributed by atoms with E-state index in [1.165, 1.54) is 76.1 Å². The third-order valence-electron chi connectivity index (χ3n) is 19.4. The molecule has 3 aromatic carbocycles. The van der Waals surface area contributed by atoms with Crippen molar-refractivity contribution in [3.63, 3.8) is 0 Å². The largest absolute Gasteiger partial charge is 0.443 e.